The van der Waals surface area contributed by atoms with Crippen LogP contribution in [0.25, 0.3) is 16.9 Å². The molecule has 0 spiro atoms. The van der Waals surface area contributed by atoms with Crippen molar-refractivity contribution in [2.75, 3.05) is 31.2 Å². The Bertz CT molecular complexity index is 1090. The molecule has 1 amide bonds. The predicted octanol–water partition coefficient (Wildman–Crippen LogP) is 1.53. The number of anilines is 1. The Hall–Kier alpha value is -2.94. The molecule has 2 aliphatic heterocycles. The highest BCUT2D eigenvalue weighted by atomic mass is 16.5. The van der Waals surface area contributed by atoms with E-state index in [1.54, 1.807) is 10.9 Å². The number of H-pyrrole nitrogens is 1. The zero-order valence-electron chi connectivity index (χ0n) is 16.3. The van der Waals surface area contributed by atoms with Gasteiger partial charge >= 0.3 is 0 Å². The summed E-state index contributed by atoms with van der Waals surface area (Å²) in [5.74, 6) is 1.66. The molecule has 1 N–H and O–H groups in total. The quantitative estimate of drug-likeness (QED) is 0.726. The SMILES string of the molecule is C[C@@H]1COCCN1c1cc2c3c(nn(-c4ccn[nH]4)c3n1)CCN(C1CC1)C2=O. The van der Waals surface area contributed by atoms with E-state index in [0.717, 1.165) is 48.5 Å². The lowest BCUT2D eigenvalue weighted by atomic mass is 10.1. The van der Waals surface area contributed by atoms with E-state index in [9.17, 15) is 4.79 Å². The van der Waals surface area contributed by atoms with E-state index in [4.69, 9.17) is 14.8 Å². The van der Waals surface area contributed by atoms with Crippen LogP contribution in [0.1, 0.15) is 35.8 Å². The number of carbonyl (C=O) groups excluding carboxylic acids is 1. The first-order chi connectivity index (χ1) is 14.2. The molecule has 9 nitrogen and oxygen atoms in total. The molecule has 0 unspecified atom stereocenters. The molecule has 1 saturated carbocycles. The summed E-state index contributed by atoms with van der Waals surface area (Å²) in [6.07, 6.45) is 4.63. The molecule has 3 aromatic rings. The first-order valence-electron chi connectivity index (χ1n) is 10.3. The average molecular weight is 393 g/mol. The minimum absolute atomic E-state index is 0.102. The molecule has 150 valence electrons. The Morgan fingerprint density at radius 1 is 1.24 bits per heavy atom. The van der Waals surface area contributed by atoms with E-state index in [0.29, 0.717) is 37.0 Å². The first-order valence-corrected chi connectivity index (χ1v) is 10.3. The normalized spacial score (nSPS) is 22.4. The van der Waals surface area contributed by atoms with Gasteiger partial charge in [-0.15, -0.1) is 0 Å². The van der Waals surface area contributed by atoms with Gasteiger partial charge < -0.3 is 14.5 Å². The van der Waals surface area contributed by atoms with Gasteiger partial charge in [-0.2, -0.15) is 14.9 Å². The molecule has 3 aliphatic rings. The number of pyridine rings is 1. The molecular weight excluding hydrogens is 370 g/mol. The molecule has 3 aromatic heterocycles. The molecule has 9 heteroatoms. The maximum Gasteiger partial charge on any atom is 0.255 e. The summed E-state index contributed by atoms with van der Waals surface area (Å²) in [7, 11) is 0. The smallest absolute Gasteiger partial charge is 0.255 e. The summed E-state index contributed by atoms with van der Waals surface area (Å²) in [4.78, 5) is 22.8. The fraction of sp³-hybridized carbons (Fsp3) is 0.500. The van der Waals surface area contributed by atoms with Crippen LogP contribution >= 0.6 is 0 Å². The van der Waals surface area contributed by atoms with Crippen LogP contribution in [0, 0.1) is 0 Å². The Morgan fingerprint density at radius 2 is 2.14 bits per heavy atom. The third-order valence-electron chi connectivity index (χ3n) is 6.14. The van der Waals surface area contributed by atoms with Crippen molar-refractivity contribution >= 4 is 22.8 Å². The van der Waals surface area contributed by atoms with E-state index in [-0.39, 0.29) is 11.9 Å². The van der Waals surface area contributed by atoms with E-state index >= 15 is 0 Å². The monoisotopic (exact) mass is 393 g/mol. The number of amides is 1. The molecular formula is C20H23N7O2. The van der Waals surface area contributed by atoms with Gasteiger partial charge in [0.1, 0.15) is 5.82 Å². The largest absolute Gasteiger partial charge is 0.377 e. The van der Waals surface area contributed by atoms with Crippen molar-refractivity contribution in [3.05, 3.63) is 29.6 Å². The van der Waals surface area contributed by atoms with Crippen molar-refractivity contribution in [1.82, 2.24) is 29.9 Å². The summed E-state index contributed by atoms with van der Waals surface area (Å²) in [6.45, 7) is 4.90. The summed E-state index contributed by atoms with van der Waals surface area (Å²) >= 11 is 0. The van der Waals surface area contributed by atoms with Gasteiger partial charge in [0.25, 0.3) is 5.91 Å². The Labute approximate surface area is 167 Å². The zero-order chi connectivity index (χ0) is 19.5. The highest BCUT2D eigenvalue weighted by molar-refractivity contribution is 6.08. The van der Waals surface area contributed by atoms with E-state index in [1.807, 2.05) is 17.0 Å². The van der Waals surface area contributed by atoms with Gasteiger partial charge in [-0.3, -0.25) is 9.89 Å². The minimum atomic E-state index is 0.102. The Morgan fingerprint density at radius 3 is 2.90 bits per heavy atom. The van der Waals surface area contributed by atoms with Crippen LogP contribution in [0.5, 0.6) is 0 Å². The number of ether oxygens (including phenoxy) is 1. The molecule has 0 aromatic carbocycles. The van der Waals surface area contributed by atoms with Crippen LogP contribution in [0.15, 0.2) is 18.3 Å². The van der Waals surface area contributed by atoms with Gasteiger partial charge in [-0.25, -0.2) is 4.98 Å². The lowest BCUT2D eigenvalue weighted by molar-refractivity contribution is 0.0750. The van der Waals surface area contributed by atoms with Gasteiger partial charge in [0, 0.05) is 31.6 Å². The number of hydrogen-bond acceptors (Lipinski definition) is 6. The molecule has 6 rings (SSSR count). The number of nitrogens with one attached hydrogen (secondary N) is 1. The zero-order valence-corrected chi connectivity index (χ0v) is 16.3. The third-order valence-corrected chi connectivity index (χ3v) is 6.14. The second-order valence-electron chi connectivity index (χ2n) is 8.12. The van der Waals surface area contributed by atoms with Crippen LogP contribution in [0.2, 0.25) is 0 Å². The molecule has 1 atom stereocenters. The Kier molecular flexibility index (Phi) is 3.67. The highest BCUT2D eigenvalue weighted by Gasteiger charge is 2.37. The highest BCUT2D eigenvalue weighted by Crippen LogP contribution is 2.35. The number of carbonyl (C=O) groups is 1. The number of rotatable bonds is 3. The maximum absolute atomic E-state index is 13.5. The molecule has 0 radical (unpaired) electrons. The van der Waals surface area contributed by atoms with Gasteiger partial charge in [-0.1, -0.05) is 0 Å². The molecule has 1 saturated heterocycles. The lowest BCUT2D eigenvalue weighted by Crippen LogP contribution is -2.44. The van der Waals surface area contributed by atoms with Crippen molar-refractivity contribution in [3.8, 4) is 5.82 Å². The molecule has 2 fully saturated rings. The van der Waals surface area contributed by atoms with Crippen molar-refractivity contribution < 1.29 is 9.53 Å². The van der Waals surface area contributed by atoms with Crippen LogP contribution in [-0.4, -0.2) is 74.2 Å². The summed E-state index contributed by atoms with van der Waals surface area (Å²) in [5.41, 5.74) is 2.35. The van der Waals surface area contributed by atoms with Crippen molar-refractivity contribution in [3.63, 3.8) is 0 Å². The van der Waals surface area contributed by atoms with E-state index in [1.165, 1.54) is 0 Å². The lowest BCUT2D eigenvalue weighted by Gasteiger charge is -2.34. The third kappa shape index (κ3) is 2.64. The summed E-state index contributed by atoms with van der Waals surface area (Å²) in [5, 5.41) is 12.7. The van der Waals surface area contributed by atoms with E-state index in [2.05, 4.69) is 22.0 Å². The van der Waals surface area contributed by atoms with E-state index < -0.39 is 0 Å². The molecule has 1 aliphatic carbocycles. The van der Waals surface area contributed by atoms with Crippen LogP contribution in [-0.2, 0) is 11.2 Å². The molecule has 5 heterocycles. The first kappa shape index (κ1) is 17.0. The summed E-state index contributed by atoms with van der Waals surface area (Å²) in [6, 6.07) is 4.41. The van der Waals surface area contributed by atoms with Crippen LogP contribution in [0.4, 0.5) is 5.82 Å². The number of aromatic nitrogens is 5. The fourth-order valence-electron chi connectivity index (χ4n) is 4.48. The predicted molar refractivity (Wildman–Crippen MR) is 106 cm³/mol. The number of hydrogen-bond donors (Lipinski definition) is 1. The second kappa shape index (κ2) is 6.28. The van der Waals surface area contributed by atoms with Gasteiger partial charge in [0.05, 0.1) is 42.1 Å². The number of aromatic amines is 1. The van der Waals surface area contributed by atoms with Crippen molar-refractivity contribution in [2.24, 2.45) is 0 Å². The van der Waals surface area contributed by atoms with Crippen molar-refractivity contribution in [2.45, 2.75) is 38.3 Å². The fourth-order valence-corrected chi connectivity index (χ4v) is 4.48. The standard InChI is InChI=1S/C20H23N7O2/c1-12-11-29-9-8-25(12)17-10-14-18-15(5-7-26(20(14)28)13-2-3-13)24-27(19(18)22-17)16-4-6-21-23-16/h4,6,10,12-13H,2-3,5,7-9,11H2,1H3,(H,21,23)/t12-/m1/s1. The number of nitrogens with zero attached hydrogens (tertiary/aromatic N) is 6. The topological polar surface area (TPSA) is 92.2 Å². The Balaban J connectivity index is 1.58. The van der Waals surface area contributed by atoms with Crippen LogP contribution in [0.3, 0.4) is 0 Å². The van der Waals surface area contributed by atoms with Gasteiger partial charge in [0.15, 0.2) is 11.5 Å². The minimum Gasteiger partial charge on any atom is -0.377 e. The van der Waals surface area contributed by atoms with Crippen LogP contribution < -0.4 is 4.90 Å². The molecule has 0 bridgehead atoms. The molecule has 29 heavy (non-hydrogen) atoms. The van der Waals surface area contributed by atoms with Gasteiger partial charge in [0.2, 0.25) is 0 Å². The second-order valence-corrected chi connectivity index (χ2v) is 8.12. The maximum atomic E-state index is 13.5. The average Bonchev–Trinajstić information content (AvgIpc) is 3.32. The summed E-state index contributed by atoms with van der Waals surface area (Å²) < 4.78 is 7.39. The van der Waals surface area contributed by atoms with Crippen molar-refractivity contribution in [1.29, 1.82) is 0 Å². The number of morpholine rings is 1. The van der Waals surface area contributed by atoms with Gasteiger partial charge in [-0.05, 0) is 25.8 Å².